The van der Waals surface area contributed by atoms with Crippen LogP contribution in [0.4, 0.5) is 0 Å². The zero-order valence-corrected chi connectivity index (χ0v) is 11.2. The van der Waals surface area contributed by atoms with Crippen LogP contribution in [0, 0.1) is 22.7 Å². The lowest BCUT2D eigenvalue weighted by Gasteiger charge is -2.32. The highest BCUT2D eigenvalue weighted by Crippen LogP contribution is 2.23. The number of hydrogen-bond donors (Lipinski definition) is 1. The monoisotopic (exact) mass is 255 g/mol. The van der Waals surface area contributed by atoms with Gasteiger partial charge in [-0.3, -0.25) is 4.90 Å². The Morgan fingerprint density at radius 3 is 2.26 bits per heavy atom. The number of hydrogen-bond acceptors (Lipinski definition) is 4. The molecular weight excluding hydrogens is 238 g/mol. The predicted molar refractivity (Wildman–Crippen MR) is 73.5 cm³/mol. The van der Waals surface area contributed by atoms with Crippen LogP contribution in [0.1, 0.15) is 19.4 Å². The van der Waals surface area contributed by atoms with Crippen molar-refractivity contribution >= 4 is 6.08 Å². The normalized spacial score (nSPS) is 14.5. The second-order valence-corrected chi connectivity index (χ2v) is 4.04. The lowest BCUT2D eigenvalue weighted by molar-refractivity contribution is -0.0200. The summed E-state index contributed by atoms with van der Waals surface area (Å²) in [5, 5.41) is 29.0. The molecule has 4 heteroatoms. The Hall–Kier alpha value is -2.14. The van der Waals surface area contributed by atoms with Gasteiger partial charge in [0.2, 0.25) is 5.72 Å². The summed E-state index contributed by atoms with van der Waals surface area (Å²) in [5.41, 5.74) is -1.07. The third-order valence-corrected chi connectivity index (χ3v) is 2.98. The van der Waals surface area contributed by atoms with Gasteiger partial charge in [-0.25, -0.2) is 0 Å². The number of rotatable bonds is 5. The van der Waals surface area contributed by atoms with Gasteiger partial charge in [0.15, 0.2) is 0 Å². The zero-order valence-electron chi connectivity index (χ0n) is 11.2. The maximum absolute atomic E-state index is 10.5. The second-order valence-electron chi connectivity index (χ2n) is 4.04. The van der Waals surface area contributed by atoms with Crippen molar-refractivity contribution in [3.05, 3.63) is 41.5 Å². The molecule has 0 aliphatic rings. The first-order chi connectivity index (χ1) is 9.12. The molecule has 4 nitrogen and oxygen atoms in total. The molecule has 0 radical (unpaired) electrons. The van der Waals surface area contributed by atoms with Gasteiger partial charge in [-0.15, -0.1) is 0 Å². The summed E-state index contributed by atoms with van der Waals surface area (Å²) in [6.45, 7) is 4.63. The molecule has 98 valence electrons. The Bertz CT molecular complexity index is 521. The number of benzene rings is 1. The maximum Gasteiger partial charge on any atom is 0.244 e. The highest BCUT2D eigenvalue weighted by atomic mass is 16.3. The predicted octanol–water partition coefficient (Wildman–Crippen LogP) is 2.15. The Morgan fingerprint density at radius 2 is 1.84 bits per heavy atom. The van der Waals surface area contributed by atoms with E-state index in [4.69, 9.17) is 0 Å². The molecule has 0 spiro atoms. The zero-order chi connectivity index (χ0) is 14.3. The maximum atomic E-state index is 10.5. The van der Waals surface area contributed by atoms with E-state index in [0.29, 0.717) is 13.1 Å². The average Bonchev–Trinajstić information content (AvgIpc) is 2.46. The fourth-order valence-electron chi connectivity index (χ4n) is 1.91. The van der Waals surface area contributed by atoms with E-state index in [-0.39, 0.29) is 5.57 Å². The van der Waals surface area contributed by atoms with Crippen molar-refractivity contribution in [2.24, 2.45) is 0 Å². The molecule has 1 atom stereocenters. The lowest BCUT2D eigenvalue weighted by atomic mass is 10.0. The van der Waals surface area contributed by atoms with Gasteiger partial charge in [-0.2, -0.15) is 10.5 Å². The molecule has 0 heterocycles. The van der Waals surface area contributed by atoms with E-state index >= 15 is 0 Å². The van der Waals surface area contributed by atoms with Gasteiger partial charge in [0.05, 0.1) is 5.57 Å². The van der Waals surface area contributed by atoms with E-state index in [1.165, 1.54) is 0 Å². The van der Waals surface area contributed by atoms with E-state index in [0.717, 1.165) is 5.56 Å². The summed E-state index contributed by atoms with van der Waals surface area (Å²) < 4.78 is 0. The number of aliphatic hydroxyl groups is 1. The number of nitrogens with zero attached hydrogens (tertiary/aromatic N) is 3. The van der Waals surface area contributed by atoms with Crippen LogP contribution in [0.2, 0.25) is 0 Å². The first-order valence-electron chi connectivity index (χ1n) is 6.18. The van der Waals surface area contributed by atoms with Gasteiger partial charge in [0, 0.05) is 0 Å². The van der Waals surface area contributed by atoms with Crippen LogP contribution in [0.5, 0.6) is 0 Å². The van der Waals surface area contributed by atoms with Crippen molar-refractivity contribution < 1.29 is 5.11 Å². The minimum atomic E-state index is -1.88. The van der Waals surface area contributed by atoms with Gasteiger partial charge < -0.3 is 5.11 Å². The topological polar surface area (TPSA) is 71.0 Å². The third kappa shape index (κ3) is 3.20. The van der Waals surface area contributed by atoms with Gasteiger partial charge >= 0.3 is 0 Å². The van der Waals surface area contributed by atoms with Gasteiger partial charge in [-0.05, 0) is 24.7 Å². The first-order valence-corrected chi connectivity index (χ1v) is 6.18. The average molecular weight is 255 g/mol. The van der Waals surface area contributed by atoms with Crippen LogP contribution in [-0.4, -0.2) is 28.8 Å². The van der Waals surface area contributed by atoms with Gasteiger partial charge in [-0.1, -0.05) is 44.2 Å². The molecule has 0 bridgehead atoms. The minimum Gasteiger partial charge on any atom is -0.359 e. The Balaban J connectivity index is 3.25. The summed E-state index contributed by atoms with van der Waals surface area (Å²) in [6.07, 6.45) is 1.54. The first kappa shape index (κ1) is 14.9. The Kier molecular flexibility index (Phi) is 5.26. The van der Waals surface area contributed by atoms with Crippen molar-refractivity contribution in [2.45, 2.75) is 19.6 Å². The van der Waals surface area contributed by atoms with Gasteiger partial charge in [0.25, 0.3) is 0 Å². The summed E-state index contributed by atoms with van der Waals surface area (Å²) in [4.78, 5) is 1.55. The van der Waals surface area contributed by atoms with Gasteiger partial charge in [0.1, 0.15) is 12.1 Å². The van der Waals surface area contributed by atoms with E-state index in [9.17, 15) is 15.6 Å². The minimum absolute atomic E-state index is 0.0323. The molecule has 0 fully saturated rings. The summed E-state index contributed by atoms with van der Waals surface area (Å²) in [5.74, 6) is 0. The summed E-state index contributed by atoms with van der Waals surface area (Å²) >= 11 is 0. The largest absolute Gasteiger partial charge is 0.359 e. The fourth-order valence-corrected chi connectivity index (χ4v) is 1.91. The van der Waals surface area contributed by atoms with Crippen LogP contribution in [0.3, 0.4) is 0 Å². The Labute approximate surface area is 113 Å². The van der Waals surface area contributed by atoms with Crippen molar-refractivity contribution in [1.29, 1.82) is 10.5 Å². The molecule has 1 aromatic carbocycles. The highest BCUT2D eigenvalue weighted by molar-refractivity contribution is 5.61. The van der Waals surface area contributed by atoms with Crippen molar-refractivity contribution in [3.63, 3.8) is 0 Å². The molecule has 0 saturated carbocycles. The lowest BCUT2D eigenvalue weighted by Crippen LogP contribution is -2.48. The molecule has 0 saturated heterocycles. The van der Waals surface area contributed by atoms with Crippen molar-refractivity contribution in [3.8, 4) is 12.1 Å². The van der Waals surface area contributed by atoms with Crippen molar-refractivity contribution in [2.75, 3.05) is 13.1 Å². The molecule has 0 aliphatic heterocycles. The van der Waals surface area contributed by atoms with E-state index < -0.39 is 5.72 Å². The number of nitriles is 2. The molecule has 19 heavy (non-hydrogen) atoms. The molecule has 1 unspecified atom stereocenters. The molecular formula is C15H17N3O. The van der Waals surface area contributed by atoms with Crippen LogP contribution >= 0.6 is 0 Å². The summed E-state index contributed by atoms with van der Waals surface area (Å²) in [6, 6.07) is 13.0. The van der Waals surface area contributed by atoms with Crippen LogP contribution in [-0.2, 0) is 0 Å². The third-order valence-electron chi connectivity index (χ3n) is 2.98. The highest BCUT2D eigenvalue weighted by Gasteiger charge is 2.37. The smallest absolute Gasteiger partial charge is 0.244 e. The van der Waals surface area contributed by atoms with Crippen LogP contribution in [0.25, 0.3) is 6.08 Å². The SMILES string of the molecule is CCN(CC)C(O)(C#N)C(C#N)=Cc1ccccc1. The second kappa shape index (κ2) is 6.70. The van der Waals surface area contributed by atoms with Crippen molar-refractivity contribution in [1.82, 2.24) is 4.90 Å². The molecule has 1 rings (SSSR count). The molecule has 0 amide bonds. The number of likely N-dealkylation sites (N-methyl/N-ethyl adjacent to an activating group) is 1. The molecule has 0 aromatic heterocycles. The van der Waals surface area contributed by atoms with E-state index in [2.05, 4.69) is 0 Å². The fraction of sp³-hybridized carbons (Fsp3) is 0.333. The van der Waals surface area contributed by atoms with Crippen LogP contribution in [0.15, 0.2) is 35.9 Å². The molecule has 1 aromatic rings. The van der Waals surface area contributed by atoms with Crippen LogP contribution < -0.4 is 0 Å². The Morgan fingerprint density at radius 1 is 1.26 bits per heavy atom. The van der Waals surface area contributed by atoms with E-state index in [1.807, 2.05) is 56.3 Å². The standard InChI is InChI=1S/C15H17N3O/c1-3-18(4-2)15(19,12-17)14(11-16)10-13-8-6-5-7-9-13/h5-10,19H,3-4H2,1-2H3. The van der Waals surface area contributed by atoms with E-state index in [1.54, 1.807) is 11.0 Å². The quantitative estimate of drug-likeness (QED) is 0.497. The molecule has 0 aliphatic carbocycles. The summed E-state index contributed by atoms with van der Waals surface area (Å²) in [7, 11) is 0. The molecule has 1 N–H and O–H groups in total.